The van der Waals surface area contributed by atoms with E-state index in [9.17, 15) is 14.2 Å². The van der Waals surface area contributed by atoms with Crippen LogP contribution in [-0.2, 0) is 14.2 Å². The Kier molecular flexibility index (Phi) is 4.21. The van der Waals surface area contributed by atoms with Crippen molar-refractivity contribution in [1.29, 1.82) is 0 Å². The Morgan fingerprint density at radius 1 is 1.38 bits per heavy atom. The molecule has 1 saturated heterocycles. The van der Waals surface area contributed by atoms with E-state index in [1.807, 2.05) is 0 Å². The number of ketones is 1. The van der Waals surface area contributed by atoms with Gasteiger partial charge in [0.25, 0.3) is 0 Å². The third kappa shape index (κ3) is 3.68. The first-order chi connectivity index (χ1) is 7.31. The van der Waals surface area contributed by atoms with E-state index in [1.165, 1.54) is 0 Å². The highest BCUT2D eigenvalue weighted by Crippen LogP contribution is 2.36. The van der Waals surface area contributed by atoms with Crippen molar-refractivity contribution in [3.8, 4) is 0 Å². The van der Waals surface area contributed by atoms with Crippen molar-refractivity contribution >= 4 is 19.3 Å². The molecule has 8 heteroatoms. The van der Waals surface area contributed by atoms with Crippen molar-refractivity contribution in [2.75, 3.05) is 12.7 Å². The predicted molar refractivity (Wildman–Crippen MR) is 54.1 cm³/mol. The average Bonchev–Trinajstić information content (AvgIpc) is 2.15. The first kappa shape index (κ1) is 13.3. The summed E-state index contributed by atoms with van der Waals surface area (Å²) in [7, 11) is -4.42. The van der Waals surface area contributed by atoms with Gasteiger partial charge in [0.1, 0.15) is 18.0 Å². The van der Waals surface area contributed by atoms with E-state index in [0.717, 1.165) is 0 Å². The summed E-state index contributed by atoms with van der Waals surface area (Å²) < 4.78 is 10.7. The molecule has 1 aliphatic rings. The van der Waals surface area contributed by atoms with Crippen LogP contribution in [0.5, 0.6) is 0 Å². The Morgan fingerprint density at radius 2 is 2.00 bits per heavy atom. The molecule has 1 fully saturated rings. The molecular formula is C8H14NO6P. The van der Waals surface area contributed by atoms with Gasteiger partial charge in [0.2, 0.25) is 0 Å². The van der Waals surface area contributed by atoms with Gasteiger partial charge in [-0.2, -0.15) is 0 Å². The minimum absolute atomic E-state index is 0.350. The lowest BCUT2D eigenvalue weighted by Gasteiger charge is -2.28. The van der Waals surface area contributed by atoms with E-state index in [2.05, 4.69) is 5.32 Å². The van der Waals surface area contributed by atoms with Crippen LogP contribution in [0.15, 0.2) is 0 Å². The quantitative estimate of drug-likeness (QED) is 0.481. The van der Waals surface area contributed by atoms with E-state index in [-0.39, 0.29) is 0 Å². The summed E-state index contributed by atoms with van der Waals surface area (Å²) in [5.74, 6) is -2.70. The number of nitrogens with one attached hydrogen (secondary N) is 1. The van der Waals surface area contributed by atoms with Gasteiger partial charge in [0, 0.05) is 5.92 Å². The van der Waals surface area contributed by atoms with Gasteiger partial charge in [-0.15, -0.1) is 0 Å². The molecule has 0 spiro atoms. The van der Waals surface area contributed by atoms with E-state index < -0.39 is 37.5 Å². The third-order valence-electron chi connectivity index (χ3n) is 2.50. The zero-order chi connectivity index (χ0) is 12.3. The maximum atomic E-state index is 11.5. The summed E-state index contributed by atoms with van der Waals surface area (Å²) in [4.78, 5) is 39.7. The summed E-state index contributed by atoms with van der Waals surface area (Å²) in [5, 5.41) is 11.5. The van der Waals surface area contributed by atoms with E-state index in [0.29, 0.717) is 19.4 Å². The normalized spacial score (nSPS) is 26.4. The lowest BCUT2D eigenvalue weighted by Crippen LogP contribution is -2.50. The molecule has 0 aromatic heterocycles. The molecule has 0 aromatic carbocycles. The van der Waals surface area contributed by atoms with Crippen LogP contribution in [0.2, 0.25) is 0 Å². The Bertz CT molecular complexity index is 337. The van der Waals surface area contributed by atoms with Gasteiger partial charge < -0.3 is 20.2 Å². The Balaban J connectivity index is 2.72. The van der Waals surface area contributed by atoms with Crippen LogP contribution in [0.3, 0.4) is 0 Å². The average molecular weight is 251 g/mol. The van der Waals surface area contributed by atoms with Crippen LogP contribution in [0.4, 0.5) is 0 Å². The topological polar surface area (TPSA) is 124 Å². The van der Waals surface area contributed by atoms with Crippen molar-refractivity contribution in [1.82, 2.24) is 5.32 Å². The van der Waals surface area contributed by atoms with Gasteiger partial charge in [0.05, 0.1) is 0 Å². The number of carboxylic acids is 1. The number of carboxylic acid groups (broad SMARTS) is 1. The molecule has 1 aliphatic heterocycles. The monoisotopic (exact) mass is 251 g/mol. The molecule has 1 heterocycles. The van der Waals surface area contributed by atoms with Crippen molar-refractivity contribution < 1.29 is 29.0 Å². The minimum atomic E-state index is -4.42. The fourth-order valence-electron chi connectivity index (χ4n) is 1.82. The molecule has 92 valence electrons. The number of rotatable bonds is 4. The highest BCUT2D eigenvalue weighted by Gasteiger charge is 2.37. The summed E-state index contributed by atoms with van der Waals surface area (Å²) >= 11 is 0. The van der Waals surface area contributed by atoms with Crippen molar-refractivity contribution in [2.45, 2.75) is 18.9 Å². The number of piperidine rings is 1. The molecular weight excluding hydrogens is 237 g/mol. The number of carbonyl (C=O) groups excluding carboxylic acids is 1. The molecule has 2 atom stereocenters. The number of hydrogen-bond acceptors (Lipinski definition) is 4. The van der Waals surface area contributed by atoms with Gasteiger partial charge in [-0.05, 0) is 19.4 Å². The van der Waals surface area contributed by atoms with Crippen LogP contribution < -0.4 is 5.32 Å². The molecule has 16 heavy (non-hydrogen) atoms. The second-order valence-electron chi connectivity index (χ2n) is 3.81. The molecule has 0 amide bonds. The van der Waals surface area contributed by atoms with Crippen molar-refractivity contribution in [3.63, 3.8) is 0 Å². The molecule has 4 N–H and O–H groups in total. The second-order valence-corrected chi connectivity index (χ2v) is 5.45. The van der Waals surface area contributed by atoms with Crippen LogP contribution in [0.1, 0.15) is 12.8 Å². The fourth-order valence-corrected chi connectivity index (χ4v) is 2.46. The summed E-state index contributed by atoms with van der Waals surface area (Å²) in [6.07, 6.45) is 0.0905. The molecule has 0 aromatic rings. The zero-order valence-corrected chi connectivity index (χ0v) is 9.39. The van der Waals surface area contributed by atoms with Gasteiger partial charge >= 0.3 is 13.6 Å². The van der Waals surface area contributed by atoms with Crippen LogP contribution in [-0.4, -0.2) is 45.4 Å². The molecule has 0 bridgehead atoms. The molecule has 0 saturated carbocycles. The van der Waals surface area contributed by atoms with Crippen LogP contribution in [0.25, 0.3) is 0 Å². The first-order valence-electron chi connectivity index (χ1n) is 4.85. The zero-order valence-electron chi connectivity index (χ0n) is 8.50. The largest absolute Gasteiger partial charge is 0.480 e. The van der Waals surface area contributed by atoms with E-state index in [1.54, 1.807) is 0 Å². The van der Waals surface area contributed by atoms with Crippen LogP contribution >= 0.6 is 7.60 Å². The lowest BCUT2D eigenvalue weighted by atomic mass is 9.88. The highest BCUT2D eigenvalue weighted by atomic mass is 31.2. The maximum absolute atomic E-state index is 11.5. The Hall–Kier alpha value is -0.750. The Labute approximate surface area is 92.0 Å². The highest BCUT2D eigenvalue weighted by molar-refractivity contribution is 7.52. The van der Waals surface area contributed by atoms with Crippen molar-refractivity contribution in [3.05, 3.63) is 0 Å². The van der Waals surface area contributed by atoms with Crippen molar-refractivity contribution in [2.24, 2.45) is 5.92 Å². The number of Topliss-reactive ketones (excluding diaryl/α,β-unsaturated/α-hetero) is 1. The van der Waals surface area contributed by atoms with E-state index in [4.69, 9.17) is 14.9 Å². The Morgan fingerprint density at radius 3 is 2.50 bits per heavy atom. The minimum Gasteiger partial charge on any atom is -0.480 e. The standard InChI is InChI=1S/C8H14NO6P/c10-6(4-16(13,14)15)5-2-1-3-9-7(5)8(11)12/h5,7,9H,1-4H2,(H,11,12)(H2,13,14,15)/t5-,7-/m0/s1. The second kappa shape index (κ2) is 5.05. The van der Waals surface area contributed by atoms with Gasteiger partial charge in [0.15, 0.2) is 0 Å². The van der Waals surface area contributed by atoms with Crippen LogP contribution in [0, 0.1) is 5.92 Å². The lowest BCUT2D eigenvalue weighted by molar-refractivity contribution is -0.144. The maximum Gasteiger partial charge on any atom is 0.332 e. The predicted octanol–water partition coefficient (Wildman–Crippen LogP) is -0.814. The van der Waals surface area contributed by atoms with Gasteiger partial charge in [-0.3, -0.25) is 14.2 Å². The third-order valence-corrected chi connectivity index (χ3v) is 3.22. The van der Waals surface area contributed by atoms with Gasteiger partial charge in [-0.1, -0.05) is 0 Å². The SMILES string of the molecule is O=C(O)[C@H]1NCCC[C@H]1C(=O)CP(=O)(O)O. The number of carbonyl (C=O) groups is 2. The number of aliphatic carboxylic acids is 1. The molecule has 0 radical (unpaired) electrons. The fraction of sp³-hybridized carbons (Fsp3) is 0.750. The number of hydrogen-bond donors (Lipinski definition) is 4. The first-order valence-corrected chi connectivity index (χ1v) is 6.64. The molecule has 1 rings (SSSR count). The summed E-state index contributed by atoms with van der Waals surface area (Å²) in [5.41, 5.74) is 0. The summed E-state index contributed by atoms with van der Waals surface area (Å²) in [6.45, 7) is 0.497. The smallest absolute Gasteiger partial charge is 0.332 e. The molecule has 0 unspecified atom stereocenters. The summed E-state index contributed by atoms with van der Waals surface area (Å²) in [6, 6.07) is -1.03. The van der Waals surface area contributed by atoms with E-state index >= 15 is 0 Å². The molecule has 0 aliphatic carbocycles. The molecule has 7 nitrogen and oxygen atoms in total. The van der Waals surface area contributed by atoms with Gasteiger partial charge in [-0.25, -0.2) is 0 Å².